The van der Waals surface area contributed by atoms with E-state index in [9.17, 15) is 4.79 Å². The summed E-state index contributed by atoms with van der Waals surface area (Å²) in [4.78, 5) is 18.1. The van der Waals surface area contributed by atoms with Gasteiger partial charge >= 0.3 is 0 Å². The first-order chi connectivity index (χ1) is 7.33. The highest BCUT2D eigenvalue weighted by Crippen LogP contribution is 2.21. The van der Waals surface area contributed by atoms with Gasteiger partial charge in [-0.1, -0.05) is 13.0 Å². The SMILES string of the molecule is CCC1CCCN1C(=O)c1ccccn1. The molecule has 1 saturated heterocycles. The first-order valence-electron chi connectivity index (χ1n) is 5.55. The minimum Gasteiger partial charge on any atom is -0.334 e. The first-order valence-corrected chi connectivity index (χ1v) is 5.55. The van der Waals surface area contributed by atoms with E-state index in [1.165, 1.54) is 0 Å². The van der Waals surface area contributed by atoms with Crippen LogP contribution in [0.1, 0.15) is 36.7 Å². The first kappa shape index (κ1) is 10.1. The van der Waals surface area contributed by atoms with Gasteiger partial charge in [0.2, 0.25) is 0 Å². The van der Waals surface area contributed by atoms with E-state index in [0.717, 1.165) is 25.8 Å². The Morgan fingerprint density at radius 3 is 3.13 bits per heavy atom. The van der Waals surface area contributed by atoms with Crippen molar-refractivity contribution in [2.75, 3.05) is 6.54 Å². The Balaban J connectivity index is 2.14. The van der Waals surface area contributed by atoms with E-state index in [-0.39, 0.29) is 5.91 Å². The topological polar surface area (TPSA) is 33.2 Å². The van der Waals surface area contributed by atoms with Crippen molar-refractivity contribution in [3.05, 3.63) is 30.1 Å². The van der Waals surface area contributed by atoms with Crippen LogP contribution in [-0.4, -0.2) is 28.4 Å². The van der Waals surface area contributed by atoms with Crippen molar-refractivity contribution < 1.29 is 4.79 Å². The second kappa shape index (κ2) is 4.43. The van der Waals surface area contributed by atoms with Crippen LogP contribution in [0, 0.1) is 0 Å². The summed E-state index contributed by atoms with van der Waals surface area (Å²) in [6, 6.07) is 5.89. The van der Waals surface area contributed by atoms with Crippen molar-refractivity contribution in [2.45, 2.75) is 32.2 Å². The molecule has 1 aliphatic heterocycles. The van der Waals surface area contributed by atoms with Gasteiger partial charge in [0.05, 0.1) is 0 Å². The Kier molecular flexibility index (Phi) is 2.99. The third-order valence-corrected chi connectivity index (χ3v) is 2.99. The zero-order valence-corrected chi connectivity index (χ0v) is 9.02. The molecule has 1 aliphatic rings. The third-order valence-electron chi connectivity index (χ3n) is 2.99. The zero-order valence-electron chi connectivity index (χ0n) is 9.02. The summed E-state index contributed by atoms with van der Waals surface area (Å²) in [5, 5.41) is 0. The van der Waals surface area contributed by atoms with E-state index >= 15 is 0 Å². The maximum absolute atomic E-state index is 12.1. The van der Waals surface area contributed by atoms with Gasteiger partial charge < -0.3 is 4.90 Å². The number of rotatable bonds is 2. The monoisotopic (exact) mass is 204 g/mol. The highest BCUT2D eigenvalue weighted by Gasteiger charge is 2.28. The van der Waals surface area contributed by atoms with Gasteiger partial charge in [0.1, 0.15) is 5.69 Å². The van der Waals surface area contributed by atoms with Crippen LogP contribution in [0.5, 0.6) is 0 Å². The number of carbonyl (C=O) groups excluding carboxylic acids is 1. The molecular weight excluding hydrogens is 188 g/mol. The highest BCUT2D eigenvalue weighted by atomic mass is 16.2. The fourth-order valence-corrected chi connectivity index (χ4v) is 2.16. The van der Waals surface area contributed by atoms with E-state index in [2.05, 4.69) is 11.9 Å². The van der Waals surface area contributed by atoms with Crippen LogP contribution < -0.4 is 0 Å². The molecule has 3 nitrogen and oxygen atoms in total. The lowest BCUT2D eigenvalue weighted by Crippen LogP contribution is -2.35. The minimum absolute atomic E-state index is 0.0833. The van der Waals surface area contributed by atoms with Crippen molar-refractivity contribution in [1.29, 1.82) is 0 Å². The molecule has 0 bridgehead atoms. The predicted molar refractivity (Wildman–Crippen MR) is 58.6 cm³/mol. The van der Waals surface area contributed by atoms with Gasteiger partial charge in [0.15, 0.2) is 0 Å². The molecule has 0 aromatic carbocycles. The van der Waals surface area contributed by atoms with Crippen LogP contribution >= 0.6 is 0 Å². The lowest BCUT2D eigenvalue weighted by molar-refractivity contribution is 0.0727. The average Bonchev–Trinajstić information content (AvgIpc) is 2.77. The number of pyridine rings is 1. The van der Waals surface area contributed by atoms with Gasteiger partial charge in [0, 0.05) is 18.8 Å². The van der Waals surface area contributed by atoms with Crippen LogP contribution in [-0.2, 0) is 0 Å². The van der Waals surface area contributed by atoms with Crippen molar-refractivity contribution in [2.24, 2.45) is 0 Å². The molecule has 1 aromatic rings. The van der Waals surface area contributed by atoms with Gasteiger partial charge in [-0.15, -0.1) is 0 Å². The summed E-state index contributed by atoms with van der Waals surface area (Å²) in [7, 11) is 0. The Labute approximate surface area is 90.1 Å². The standard InChI is InChI=1S/C12H16N2O/c1-2-10-6-5-9-14(10)12(15)11-7-3-4-8-13-11/h3-4,7-8,10H,2,5-6,9H2,1H3. The van der Waals surface area contributed by atoms with Crippen molar-refractivity contribution >= 4 is 5.91 Å². The fraction of sp³-hybridized carbons (Fsp3) is 0.500. The molecule has 1 atom stereocenters. The molecule has 0 radical (unpaired) electrons. The summed E-state index contributed by atoms with van der Waals surface area (Å²) in [6.45, 7) is 3.02. The van der Waals surface area contributed by atoms with E-state index in [0.29, 0.717) is 11.7 Å². The number of amides is 1. The van der Waals surface area contributed by atoms with Gasteiger partial charge in [-0.05, 0) is 31.4 Å². The third kappa shape index (κ3) is 2.01. The predicted octanol–water partition coefficient (Wildman–Crippen LogP) is 2.10. The molecule has 80 valence electrons. The van der Waals surface area contributed by atoms with E-state index in [1.54, 1.807) is 12.3 Å². The molecule has 15 heavy (non-hydrogen) atoms. The molecular formula is C12H16N2O. The summed E-state index contributed by atoms with van der Waals surface area (Å²) in [6.07, 6.45) is 4.97. The van der Waals surface area contributed by atoms with E-state index in [1.807, 2.05) is 17.0 Å². The Morgan fingerprint density at radius 2 is 2.47 bits per heavy atom. The van der Waals surface area contributed by atoms with Crippen LogP contribution in [0.15, 0.2) is 24.4 Å². The van der Waals surface area contributed by atoms with E-state index in [4.69, 9.17) is 0 Å². The quantitative estimate of drug-likeness (QED) is 0.739. The number of hydrogen-bond donors (Lipinski definition) is 0. The van der Waals surface area contributed by atoms with Gasteiger partial charge in [-0.25, -0.2) is 0 Å². The lowest BCUT2D eigenvalue weighted by Gasteiger charge is -2.23. The summed E-state index contributed by atoms with van der Waals surface area (Å²) >= 11 is 0. The van der Waals surface area contributed by atoms with Crippen molar-refractivity contribution in [3.63, 3.8) is 0 Å². The van der Waals surface area contributed by atoms with Gasteiger partial charge in [-0.3, -0.25) is 9.78 Å². The maximum Gasteiger partial charge on any atom is 0.272 e. The van der Waals surface area contributed by atoms with Crippen LogP contribution in [0.2, 0.25) is 0 Å². The van der Waals surface area contributed by atoms with Gasteiger partial charge in [-0.2, -0.15) is 0 Å². The second-order valence-electron chi connectivity index (χ2n) is 3.92. The molecule has 0 saturated carbocycles. The number of nitrogens with zero attached hydrogens (tertiary/aromatic N) is 2. The molecule has 1 fully saturated rings. The number of hydrogen-bond acceptors (Lipinski definition) is 2. The minimum atomic E-state index is 0.0833. The normalized spacial score (nSPS) is 20.6. The molecule has 0 spiro atoms. The molecule has 3 heteroatoms. The Hall–Kier alpha value is -1.38. The van der Waals surface area contributed by atoms with E-state index < -0.39 is 0 Å². The van der Waals surface area contributed by atoms with Crippen LogP contribution in [0.3, 0.4) is 0 Å². The summed E-state index contributed by atoms with van der Waals surface area (Å²) in [5.74, 6) is 0.0833. The fourth-order valence-electron chi connectivity index (χ4n) is 2.16. The molecule has 2 rings (SSSR count). The Morgan fingerprint density at radius 1 is 1.60 bits per heavy atom. The molecule has 0 N–H and O–H groups in total. The van der Waals surface area contributed by atoms with Gasteiger partial charge in [0.25, 0.3) is 5.91 Å². The lowest BCUT2D eigenvalue weighted by atomic mass is 10.1. The summed E-state index contributed by atoms with van der Waals surface area (Å²) in [5.41, 5.74) is 0.567. The molecule has 1 unspecified atom stereocenters. The average molecular weight is 204 g/mol. The van der Waals surface area contributed by atoms with Crippen LogP contribution in [0.25, 0.3) is 0 Å². The molecule has 1 amide bonds. The maximum atomic E-state index is 12.1. The smallest absolute Gasteiger partial charge is 0.272 e. The number of likely N-dealkylation sites (tertiary alicyclic amines) is 1. The molecule has 2 heterocycles. The Bertz CT molecular complexity index is 337. The number of carbonyl (C=O) groups is 1. The highest BCUT2D eigenvalue weighted by molar-refractivity contribution is 5.92. The van der Waals surface area contributed by atoms with Crippen molar-refractivity contribution in [3.8, 4) is 0 Å². The molecule has 1 aromatic heterocycles. The second-order valence-corrected chi connectivity index (χ2v) is 3.92. The largest absolute Gasteiger partial charge is 0.334 e. The van der Waals surface area contributed by atoms with Crippen LogP contribution in [0.4, 0.5) is 0 Å². The molecule has 0 aliphatic carbocycles. The van der Waals surface area contributed by atoms with Crippen molar-refractivity contribution in [1.82, 2.24) is 9.88 Å². The number of aromatic nitrogens is 1. The summed E-state index contributed by atoms with van der Waals surface area (Å²) < 4.78 is 0. The zero-order chi connectivity index (χ0) is 10.7.